The van der Waals surface area contributed by atoms with Crippen LogP contribution >= 0.6 is 0 Å². The van der Waals surface area contributed by atoms with E-state index in [1.54, 1.807) is 62.4 Å². The van der Waals surface area contributed by atoms with Gasteiger partial charge < -0.3 is 10.6 Å². The van der Waals surface area contributed by atoms with E-state index in [1.807, 2.05) is 0 Å². The molecule has 1 atom stereocenters. The first-order valence-electron chi connectivity index (χ1n) is 8.46. The number of carbonyl (C=O) groups excluding carboxylic acids is 2. The molecule has 1 unspecified atom stereocenters. The van der Waals surface area contributed by atoms with E-state index in [1.165, 1.54) is 0 Å². The second kappa shape index (κ2) is 8.68. The van der Waals surface area contributed by atoms with E-state index in [2.05, 4.69) is 15.4 Å². The van der Waals surface area contributed by atoms with Crippen molar-refractivity contribution in [2.45, 2.75) is 26.3 Å². The molecule has 2 aromatic carbocycles. The van der Waals surface area contributed by atoms with Gasteiger partial charge in [0.1, 0.15) is 0 Å². The molecule has 0 aliphatic carbocycles. The van der Waals surface area contributed by atoms with Crippen LogP contribution in [0.25, 0.3) is 0 Å². The molecule has 0 fully saturated rings. The standard InChI is InChI=1S/C19H23N3O4S/c1-4-18(23)21-16-9-6-8-15(12-16)19(24)20-13(2)14-7-5-10-17(11-14)22-27(3,25)26/h5-13,22H,4H2,1-3H3,(H,20,24)(H,21,23). The van der Waals surface area contributed by atoms with Gasteiger partial charge in [-0.25, -0.2) is 8.42 Å². The van der Waals surface area contributed by atoms with Crippen molar-refractivity contribution in [3.8, 4) is 0 Å². The first-order chi connectivity index (χ1) is 12.7. The fourth-order valence-electron chi connectivity index (χ4n) is 2.44. The molecule has 2 aromatic rings. The summed E-state index contributed by atoms with van der Waals surface area (Å²) in [5, 5.41) is 5.59. The van der Waals surface area contributed by atoms with Crippen molar-refractivity contribution >= 4 is 33.2 Å². The van der Waals surface area contributed by atoms with Crippen LogP contribution in [0.4, 0.5) is 11.4 Å². The normalized spacial score (nSPS) is 12.1. The van der Waals surface area contributed by atoms with Crippen LogP contribution < -0.4 is 15.4 Å². The predicted molar refractivity (Wildman–Crippen MR) is 106 cm³/mol. The molecule has 0 heterocycles. The molecule has 3 N–H and O–H groups in total. The van der Waals surface area contributed by atoms with Crippen LogP contribution in [0.15, 0.2) is 48.5 Å². The molecule has 0 radical (unpaired) electrons. The third-order valence-corrected chi connectivity index (χ3v) is 4.37. The first-order valence-corrected chi connectivity index (χ1v) is 10.4. The molecule has 0 aliphatic rings. The topological polar surface area (TPSA) is 104 Å². The van der Waals surface area contributed by atoms with E-state index in [0.717, 1.165) is 11.8 Å². The van der Waals surface area contributed by atoms with Crippen LogP contribution in [-0.2, 0) is 14.8 Å². The Labute approximate surface area is 159 Å². The van der Waals surface area contributed by atoms with E-state index >= 15 is 0 Å². The van der Waals surface area contributed by atoms with Gasteiger partial charge in [0.25, 0.3) is 5.91 Å². The van der Waals surface area contributed by atoms with Gasteiger partial charge in [0.2, 0.25) is 15.9 Å². The molecule has 7 nitrogen and oxygen atoms in total. The number of rotatable bonds is 7. The Morgan fingerprint density at radius 2 is 1.70 bits per heavy atom. The summed E-state index contributed by atoms with van der Waals surface area (Å²) in [7, 11) is -3.37. The molecule has 8 heteroatoms. The summed E-state index contributed by atoms with van der Waals surface area (Å²) in [5.74, 6) is -0.423. The molecule has 0 saturated carbocycles. The first kappa shape index (κ1) is 20.4. The van der Waals surface area contributed by atoms with Crippen LogP contribution in [0.2, 0.25) is 0 Å². The van der Waals surface area contributed by atoms with Gasteiger partial charge in [-0.15, -0.1) is 0 Å². The largest absolute Gasteiger partial charge is 0.346 e. The zero-order valence-corrected chi connectivity index (χ0v) is 16.3. The van der Waals surface area contributed by atoms with Crippen LogP contribution in [0.5, 0.6) is 0 Å². The zero-order chi connectivity index (χ0) is 20.0. The highest BCUT2D eigenvalue weighted by Gasteiger charge is 2.13. The van der Waals surface area contributed by atoms with E-state index in [9.17, 15) is 18.0 Å². The SMILES string of the molecule is CCC(=O)Nc1cccc(C(=O)NC(C)c2cccc(NS(C)(=O)=O)c2)c1. The minimum absolute atomic E-state index is 0.129. The van der Waals surface area contributed by atoms with E-state index in [0.29, 0.717) is 23.4 Å². The van der Waals surface area contributed by atoms with Gasteiger partial charge in [0, 0.05) is 23.4 Å². The molecule has 0 spiro atoms. The van der Waals surface area contributed by atoms with Gasteiger partial charge in [0.15, 0.2) is 0 Å². The lowest BCUT2D eigenvalue weighted by Gasteiger charge is -2.16. The molecule has 0 bridgehead atoms. The molecule has 0 saturated heterocycles. The van der Waals surface area contributed by atoms with E-state index in [4.69, 9.17) is 0 Å². The number of carbonyl (C=O) groups is 2. The number of benzene rings is 2. The molecular formula is C19H23N3O4S. The van der Waals surface area contributed by atoms with Gasteiger partial charge in [-0.1, -0.05) is 25.1 Å². The van der Waals surface area contributed by atoms with Crippen LogP contribution in [0, 0.1) is 0 Å². The fourth-order valence-corrected chi connectivity index (χ4v) is 2.99. The quantitative estimate of drug-likeness (QED) is 0.677. The highest BCUT2D eigenvalue weighted by Crippen LogP contribution is 2.19. The van der Waals surface area contributed by atoms with Crippen molar-refractivity contribution in [2.24, 2.45) is 0 Å². The summed E-state index contributed by atoms with van der Waals surface area (Å²) in [6, 6.07) is 13.2. The number of hydrogen-bond donors (Lipinski definition) is 3. The Balaban J connectivity index is 2.10. The highest BCUT2D eigenvalue weighted by molar-refractivity contribution is 7.92. The Hall–Kier alpha value is -2.87. The van der Waals surface area contributed by atoms with Crippen molar-refractivity contribution in [3.63, 3.8) is 0 Å². The van der Waals surface area contributed by atoms with Crippen LogP contribution in [-0.4, -0.2) is 26.5 Å². The highest BCUT2D eigenvalue weighted by atomic mass is 32.2. The lowest BCUT2D eigenvalue weighted by atomic mass is 10.1. The smallest absolute Gasteiger partial charge is 0.251 e. The average molecular weight is 389 g/mol. The molecule has 144 valence electrons. The number of nitrogens with one attached hydrogen (secondary N) is 3. The van der Waals surface area contributed by atoms with E-state index in [-0.39, 0.29) is 17.9 Å². The number of anilines is 2. The van der Waals surface area contributed by atoms with Crippen LogP contribution in [0.3, 0.4) is 0 Å². The molecule has 0 aromatic heterocycles. The van der Waals surface area contributed by atoms with Crippen molar-refractivity contribution in [1.82, 2.24) is 5.32 Å². The third-order valence-electron chi connectivity index (χ3n) is 3.77. The third kappa shape index (κ3) is 6.41. The number of hydrogen-bond acceptors (Lipinski definition) is 4. The molecule has 0 aliphatic heterocycles. The number of sulfonamides is 1. The molecule has 2 amide bonds. The maximum atomic E-state index is 12.5. The average Bonchev–Trinajstić information content (AvgIpc) is 2.60. The van der Waals surface area contributed by atoms with E-state index < -0.39 is 10.0 Å². The molecular weight excluding hydrogens is 366 g/mol. The van der Waals surface area contributed by atoms with Crippen molar-refractivity contribution in [2.75, 3.05) is 16.3 Å². The van der Waals surface area contributed by atoms with Crippen LogP contribution in [0.1, 0.15) is 42.2 Å². The van der Waals surface area contributed by atoms with Gasteiger partial charge in [-0.05, 0) is 42.8 Å². The second-order valence-electron chi connectivity index (χ2n) is 6.18. The number of amides is 2. The van der Waals surface area contributed by atoms with Gasteiger partial charge in [-0.3, -0.25) is 14.3 Å². The minimum atomic E-state index is -3.37. The van der Waals surface area contributed by atoms with Gasteiger partial charge in [0.05, 0.1) is 12.3 Å². The lowest BCUT2D eigenvalue weighted by molar-refractivity contribution is -0.115. The lowest BCUT2D eigenvalue weighted by Crippen LogP contribution is -2.26. The Morgan fingerprint density at radius 3 is 2.37 bits per heavy atom. The summed E-state index contributed by atoms with van der Waals surface area (Å²) < 4.78 is 25.1. The minimum Gasteiger partial charge on any atom is -0.346 e. The predicted octanol–water partition coefficient (Wildman–Crippen LogP) is 2.90. The summed E-state index contributed by atoms with van der Waals surface area (Å²) in [4.78, 5) is 24.0. The van der Waals surface area contributed by atoms with Crippen molar-refractivity contribution < 1.29 is 18.0 Å². The zero-order valence-electron chi connectivity index (χ0n) is 15.4. The second-order valence-corrected chi connectivity index (χ2v) is 7.93. The summed E-state index contributed by atoms with van der Waals surface area (Å²) in [6.45, 7) is 3.56. The summed E-state index contributed by atoms with van der Waals surface area (Å²) >= 11 is 0. The van der Waals surface area contributed by atoms with Crippen molar-refractivity contribution in [3.05, 3.63) is 59.7 Å². The van der Waals surface area contributed by atoms with Gasteiger partial charge >= 0.3 is 0 Å². The fraction of sp³-hybridized carbons (Fsp3) is 0.263. The Morgan fingerprint density at radius 1 is 1.04 bits per heavy atom. The molecule has 27 heavy (non-hydrogen) atoms. The monoisotopic (exact) mass is 389 g/mol. The Kier molecular flexibility index (Phi) is 6.57. The maximum absolute atomic E-state index is 12.5. The maximum Gasteiger partial charge on any atom is 0.251 e. The summed E-state index contributed by atoms with van der Waals surface area (Å²) in [5.41, 5.74) is 2.16. The Bertz CT molecular complexity index is 941. The summed E-state index contributed by atoms with van der Waals surface area (Å²) in [6.07, 6.45) is 1.43. The molecule has 2 rings (SSSR count). The van der Waals surface area contributed by atoms with Gasteiger partial charge in [-0.2, -0.15) is 0 Å². The van der Waals surface area contributed by atoms with Crippen molar-refractivity contribution in [1.29, 1.82) is 0 Å².